The summed E-state index contributed by atoms with van der Waals surface area (Å²) in [4.78, 5) is 0. The molecule has 0 atom stereocenters. The molecular weight excluding hydrogens is 355 g/mol. The largest absolute Gasteiger partial charge is 0.496 e. The van der Waals surface area contributed by atoms with Gasteiger partial charge in [-0.15, -0.1) is 0 Å². The molecule has 3 aromatic carbocycles. The second-order valence-corrected chi connectivity index (χ2v) is 7.92. The van der Waals surface area contributed by atoms with Gasteiger partial charge in [-0.2, -0.15) is 0 Å². The van der Waals surface area contributed by atoms with Crippen molar-refractivity contribution in [3.05, 3.63) is 83.3 Å². The van der Waals surface area contributed by atoms with Crippen LogP contribution >= 0.6 is 23.9 Å². The number of halogens is 1. The van der Waals surface area contributed by atoms with Crippen LogP contribution in [0.4, 0.5) is 0 Å². The lowest BCUT2D eigenvalue weighted by Gasteiger charge is -2.21. The standard InChI is InChI=1S/C19H16BrOP/c1-21-18-14-15(20)12-13-19(18)22(16-8-4-2-5-9-16)17-10-6-3-7-11-17/h2-14H,1H3. The maximum atomic E-state index is 5.64. The van der Waals surface area contributed by atoms with Crippen molar-refractivity contribution in [1.82, 2.24) is 0 Å². The van der Waals surface area contributed by atoms with Gasteiger partial charge in [-0.05, 0) is 36.7 Å². The van der Waals surface area contributed by atoms with Crippen LogP contribution in [0, 0.1) is 0 Å². The van der Waals surface area contributed by atoms with Crippen molar-refractivity contribution in [2.24, 2.45) is 0 Å². The first-order valence-electron chi connectivity index (χ1n) is 7.03. The molecular formula is C19H16BrOP. The van der Waals surface area contributed by atoms with Gasteiger partial charge in [-0.25, -0.2) is 0 Å². The van der Waals surface area contributed by atoms with Crippen LogP contribution in [0.2, 0.25) is 0 Å². The van der Waals surface area contributed by atoms with Crippen molar-refractivity contribution < 1.29 is 4.74 Å². The van der Waals surface area contributed by atoms with E-state index in [-0.39, 0.29) is 0 Å². The van der Waals surface area contributed by atoms with Crippen LogP contribution in [-0.2, 0) is 0 Å². The Morgan fingerprint density at radius 1 is 0.773 bits per heavy atom. The summed E-state index contributed by atoms with van der Waals surface area (Å²) in [5.74, 6) is 0.924. The van der Waals surface area contributed by atoms with E-state index < -0.39 is 7.92 Å². The van der Waals surface area contributed by atoms with Crippen LogP contribution in [-0.4, -0.2) is 7.11 Å². The van der Waals surface area contributed by atoms with E-state index in [1.165, 1.54) is 15.9 Å². The Bertz CT molecular complexity index is 704. The Morgan fingerprint density at radius 3 is 1.82 bits per heavy atom. The fourth-order valence-electron chi connectivity index (χ4n) is 2.42. The van der Waals surface area contributed by atoms with Crippen molar-refractivity contribution in [2.45, 2.75) is 0 Å². The number of hydrogen-bond donors (Lipinski definition) is 0. The fourth-order valence-corrected chi connectivity index (χ4v) is 5.15. The van der Waals surface area contributed by atoms with Crippen LogP contribution < -0.4 is 20.7 Å². The average molecular weight is 371 g/mol. The van der Waals surface area contributed by atoms with E-state index in [0.29, 0.717) is 0 Å². The predicted octanol–water partition coefficient (Wildman–Crippen LogP) is 4.22. The summed E-state index contributed by atoms with van der Waals surface area (Å²) >= 11 is 3.53. The van der Waals surface area contributed by atoms with E-state index in [1.54, 1.807) is 7.11 Å². The third-order valence-electron chi connectivity index (χ3n) is 3.41. The second kappa shape index (κ2) is 7.09. The van der Waals surface area contributed by atoms with Crippen molar-refractivity contribution in [2.75, 3.05) is 7.11 Å². The molecule has 110 valence electrons. The maximum absolute atomic E-state index is 5.64. The summed E-state index contributed by atoms with van der Waals surface area (Å²) in [6, 6.07) is 27.6. The highest BCUT2D eigenvalue weighted by atomic mass is 79.9. The number of benzene rings is 3. The van der Waals surface area contributed by atoms with Gasteiger partial charge in [0, 0.05) is 9.78 Å². The zero-order valence-electron chi connectivity index (χ0n) is 12.2. The number of hydrogen-bond acceptors (Lipinski definition) is 1. The molecule has 0 amide bonds. The average Bonchev–Trinajstić information content (AvgIpc) is 2.58. The molecule has 0 aliphatic rings. The van der Waals surface area contributed by atoms with Gasteiger partial charge in [0.2, 0.25) is 0 Å². The van der Waals surface area contributed by atoms with Crippen molar-refractivity contribution in [1.29, 1.82) is 0 Å². The number of methoxy groups -OCH3 is 1. The molecule has 0 N–H and O–H groups in total. The van der Waals surface area contributed by atoms with Crippen LogP contribution in [0.25, 0.3) is 0 Å². The summed E-state index contributed by atoms with van der Waals surface area (Å²) < 4.78 is 6.67. The zero-order chi connectivity index (χ0) is 15.4. The molecule has 0 unspecified atom stereocenters. The summed E-state index contributed by atoms with van der Waals surface area (Å²) in [5, 5.41) is 3.88. The Labute approximate surface area is 140 Å². The van der Waals surface area contributed by atoms with Gasteiger partial charge in [0.25, 0.3) is 0 Å². The van der Waals surface area contributed by atoms with E-state index in [0.717, 1.165) is 10.2 Å². The van der Waals surface area contributed by atoms with Crippen molar-refractivity contribution in [3.63, 3.8) is 0 Å². The summed E-state index contributed by atoms with van der Waals surface area (Å²) in [6.45, 7) is 0. The highest BCUT2D eigenvalue weighted by Gasteiger charge is 2.20. The van der Waals surface area contributed by atoms with Gasteiger partial charge in [0.1, 0.15) is 5.75 Å². The summed E-state index contributed by atoms with van der Waals surface area (Å²) in [6.07, 6.45) is 0. The van der Waals surface area contributed by atoms with Crippen LogP contribution in [0.3, 0.4) is 0 Å². The van der Waals surface area contributed by atoms with Crippen LogP contribution in [0.15, 0.2) is 83.3 Å². The molecule has 0 aliphatic carbocycles. The van der Waals surface area contributed by atoms with E-state index >= 15 is 0 Å². The van der Waals surface area contributed by atoms with E-state index in [2.05, 4.69) is 88.7 Å². The van der Waals surface area contributed by atoms with Gasteiger partial charge in [-0.3, -0.25) is 0 Å². The Hall–Kier alpha value is -1.63. The normalized spacial score (nSPS) is 10.7. The van der Waals surface area contributed by atoms with Gasteiger partial charge < -0.3 is 4.74 Å². The molecule has 0 saturated carbocycles. The van der Waals surface area contributed by atoms with Crippen LogP contribution in [0.1, 0.15) is 0 Å². The molecule has 0 radical (unpaired) electrons. The first kappa shape index (κ1) is 15.3. The van der Waals surface area contributed by atoms with E-state index in [1.807, 2.05) is 6.07 Å². The molecule has 1 nitrogen and oxygen atoms in total. The van der Waals surface area contributed by atoms with Gasteiger partial charge >= 0.3 is 0 Å². The SMILES string of the molecule is COc1cc(Br)ccc1P(c1ccccc1)c1ccccc1. The molecule has 3 rings (SSSR count). The lowest BCUT2D eigenvalue weighted by molar-refractivity contribution is 0.418. The lowest BCUT2D eigenvalue weighted by atomic mass is 10.3. The molecule has 0 saturated heterocycles. The van der Waals surface area contributed by atoms with Gasteiger partial charge in [-0.1, -0.05) is 76.6 Å². The second-order valence-electron chi connectivity index (χ2n) is 4.82. The smallest absolute Gasteiger partial charge is 0.128 e. The van der Waals surface area contributed by atoms with E-state index in [4.69, 9.17) is 4.74 Å². The molecule has 3 heteroatoms. The molecule has 0 fully saturated rings. The first-order valence-corrected chi connectivity index (χ1v) is 9.17. The van der Waals surface area contributed by atoms with Gasteiger partial charge in [0.15, 0.2) is 0 Å². The zero-order valence-corrected chi connectivity index (χ0v) is 14.7. The third-order valence-corrected chi connectivity index (χ3v) is 6.39. The lowest BCUT2D eigenvalue weighted by Crippen LogP contribution is -2.21. The van der Waals surface area contributed by atoms with Crippen LogP contribution in [0.5, 0.6) is 5.75 Å². The predicted molar refractivity (Wildman–Crippen MR) is 99.4 cm³/mol. The monoisotopic (exact) mass is 370 g/mol. The van der Waals surface area contributed by atoms with E-state index in [9.17, 15) is 0 Å². The Morgan fingerprint density at radius 2 is 1.32 bits per heavy atom. The van der Waals surface area contributed by atoms with Crippen molar-refractivity contribution in [3.8, 4) is 5.75 Å². The van der Waals surface area contributed by atoms with Crippen molar-refractivity contribution >= 4 is 39.8 Å². The number of ether oxygens (including phenoxy) is 1. The highest BCUT2D eigenvalue weighted by Crippen LogP contribution is 2.37. The summed E-state index contributed by atoms with van der Waals surface area (Å²) in [5.41, 5.74) is 0. The molecule has 0 aromatic heterocycles. The molecule has 0 bridgehead atoms. The fraction of sp³-hybridized carbons (Fsp3) is 0.0526. The first-order chi connectivity index (χ1) is 10.8. The summed E-state index contributed by atoms with van der Waals surface area (Å²) in [7, 11) is 1.10. The van der Waals surface area contributed by atoms with Gasteiger partial charge in [0.05, 0.1) is 7.11 Å². The quantitative estimate of drug-likeness (QED) is 0.625. The Kier molecular flexibility index (Phi) is 4.92. The molecule has 22 heavy (non-hydrogen) atoms. The molecule has 0 spiro atoms. The molecule has 3 aromatic rings. The minimum Gasteiger partial charge on any atom is -0.496 e. The topological polar surface area (TPSA) is 9.23 Å². The Balaban J connectivity index is 2.19. The highest BCUT2D eigenvalue weighted by molar-refractivity contribution is 9.10. The number of rotatable bonds is 4. The molecule has 0 aliphatic heterocycles. The minimum absolute atomic E-state index is 0.631. The third kappa shape index (κ3) is 3.24. The maximum Gasteiger partial charge on any atom is 0.128 e. The molecule has 0 heterocycles. The minimum atomic E-state index is -0.631.